The Morgan fingerprint density at radius 1 is 1.32 bits per heavy atom. The molecule has 0 saturated heterocycles. The Morgan fingerprint density at radius 3 is 3.05 bits per heavy atom. The van der Waals surface area contributed by atoms with Crippen LogP contribution in [-0.2, 0) is 12.8 Å². The van der Waals surface area contributed by atoms with Gasteiger partial charge in [0, 0.05) is 35.5 Å². The second-order valence-electron chi connectivity index (χ2n) is 5.57. The summed E-state index contributed by atoms with van der Waals surface area (Å²) in [6.45, 7) is 0.876. The molecule has 1 atom stereocenters. The van der Waals surface area contributed by atoms with E-state index in [1.807, 2.05) is 6.07 Å². The van der Waals surface area contributed by atoms with E-state index in [-0.39, 0.29) is 0 Å². The van der Waals surface area contributed by atoms with Crippen molar-refractivity contribution in [1.82, 2.24) is 0 Å². The van der Waals surface area contributed by atoms with E-state index >= 15 is 0 Å². The van der Waals surface area contributed by atoms with Gasteiger partial charge in [-0.2, -0.15) is 0 Å². The van der Waals surface area contributed by atoms with Gasteiger partial charge in [-0.3, -0.25) is 0 Å². The number of nitrogens with one attached hydrogen (secondary N) is 1. The molecule has 0 fully saturated rings. The number of alkyl halides is 1. The highest BCUT2D eigenvalue weighted by molar-refractivity contribution is 6.18. The van der Waals surface area contributed by atoms with Crippen LogP contribution in [0.1, 0.15) is 29.0 Å². The first-order chi connectivity index (χ1) is 9.29. The number of fused-ring (bicyclic) bond motifs is 5. The molecule has 0 radical (unpaired) electrons. The van der Waals surface area contributed by atoms with Gasteiger partial charge < -0.3 is 10.4 Å². The van der Waals surface area contributed by atoms with Crippen molar-refractivity contribution in [3.63, 3.8) is 0 Å². The van der Waals surface area contributed by atoms with Gasteiger partial charge in [0.25, 0.3) is 0 Å². The minimum absolute atomic E-state index is 0.354. The normalized spacial score (nSPS) is 20.4. The lowest BCUT2D eigenvalue weighted by Gasteiger charge is -2.15. The van der Waals surface area contributed by atoms with Crippen LogP contribution >= 0.6 is 11.6 Å². The molecule has 2 aliphatic rings. The average molecular weight is 274 g/mol. The summed E-state index contributed by atoms with van der Waals surface area (Å²) in [7, 11) is 0. The SMILES string of the molecule is Oc1cc2c(c3c4c(ccc13)CCC4)C(CCl)CN2. The van der Waals surface area contributed by atoms with Crippen molar-refractivity contribution in [3.05, 3.63) is 34.9 Å². The summed E-state index contributed by atoms with van der Waals surface area (Å²) in [5, 5.41) is 15.9. The van der Waals surface area contributed by atoms with E-state index in [1.54, 1.807) is 0 Å². The third-order valence-electron chi connectivity index (χ3n) is 4.53. The fourth-order valence-electron chi connectivity index (χ4n) is 3.65. The van der Waals surface area contributed by atoms with Crippen molar-refractivity contribution in [1.29, 1.82) is 0 Å². The number of phenolic OH excluding ortho intramolecular Hbond substituents is 1. The van der Waals surface area contributed by atoms with Gasteiger partial charge in [0.05, 0.1) is 0 Å². The number of rotatable bonds is 1. The molecule has 2 N–H and O–H groups in total. The number of aromatic hydroxyl groups is 1. The van der Waals surface area contributed by atoms with Gasteiger partial charge in [-0.25, -0.2) is 0 Å². The number of anilines is 1. The molecule has 2 aromatic rings. The third kappa shape index (κ3) is 1.50. The second-order valence-corrected chi connectivity index (χ2v) is 5.88. The molecule has 0 bridgehead atoms. The Balaban J connectivity index is 2.14. The molecule has 1 heterocycles. The first kappa shape index (κ1) is 11.4. The van der Waals surface area contributed by atoms with Crippen LogP contribution < -0.4 is 5.32 Å². The molecule has 2 aromatic carbocycles. The predicted octanol–water partition coefficient (Wildman–Crippen LogP) is 3.78. The van der Waals surface area contributed by atoms with E-state index in [1.165, 1.54) is 28.5 Å². The molecule has 4 rings (SSSR count). The predicted molar refractivity (Wildman–Crippen MR) is 79.6 cm³/mol. The van der Waals surface area contributed by atoms with Gasteiger partial charge in [-0.15, -0.1) is 11.6 Å². The van der Waals surface area contributed by atoms with Gasteiger partial charge in [-0.05, 0) is 41.3 Å². The molecule has 0 spiro atoms. The van der Waals surface area contributed by atoms with Crippen LogP contribution in [-0.4, -0.2) is 17.5 Å². The summed E-state index contributed by atoms with van der Waals surface area (Å²) in [6, 6.07) is 6.10. The van der Waals surface area contributed by atoms with E-state index in [0.717, 1.165) is 30.5 Å². The van der Waals surface area contributed by atoms with Gasteiger partial charge >= 0.3 is 0 Å². The quantitative estimate of drug-likeness (QED) is 0.775. The molecule has 0 amide bonds. The third-order valence-corrected chi connectivity index (χ3v) is 4.91. The average Bonchev–Trinajstić information content (AvgIpc) is 3.03. The van der Waals surface area contributed by atoms with E-state index in [4.69, 9.17) is 11.6 Å². The van der Waals surface area contributed by atoms with Crippen molar-refractivity contribution >= 4 is 28.1 Å². The number of phenols is 1. The Kier molecular flexibility index (Phi) is 2.43. The summed E-state index contributed by atoms with van der Waals surface area (Å²) in [5.41, 5.74) is 5.27. The molecule has 1 aliphatic carbocycles. The van der Waals surface area contributed by atoms with Crippen LogP contribution in [0.15, 0.2) is 18.2 Å². The molecular formula is C16H16ClNO. The minimum atomic E-state index is 0.354. The van der Waals surface area contributed by atoms with Crippen LogP contribution in [0.25, 0.3) is 10.8 Å². The molecule has 0 saturated carbocycles. The largest absolute Gasteiger partial charge is 0.507 e. The lowest BCUT2D eigenvalue weighted by atomic mass is 9.90. The summed E-state index contributed by atoms with van der Waals surface area (Å²) in [6.07, 6.45) is 3.50. The van der Waals surface area contributed by atoms with E-state index in [0.29, 0.717) is 17.5 Å². The van der Waals surface area contributed by atoms with Crippen LogP contribution in [0.5, 0.6) is 5.75 Å². The van der Waals surface area contributed by atoms with E-state index in [2.05, 4.69) is 17.4 Å². The fraction of sp³-hybridized carbons (Fsp3) is 0.375. The van der Waals surface area contributed by atoms with E-state index in [9.17, 15) is 5.11 Å². The molecule has 1 unspecified atom stereocenters. The first-order valence-corrected chi connectivity index (χ1v) is 7.43. The van der Waals surface area contributed by atoms with Crippen molar-refractivity contribution < 1.29 is 5.11 Å². The number of aryl methyl sites for hydroxylation is 2. The molecule has 98 valence electrons. The first-order valence-electron chi connectivity index (χ1n) is 6.89. The highest BCUT2D eigenvalue weighted by atomic mass is 35.5. The maximum absolute atomic E-state index is 10.3. The zero-order chi connectivity index (χ0) is 13.0. The van der Waals surface area contributed by atoms with Gasteiger partial charge in [0.15, 0.2) is 0 Å². The summed E-state index contributed by atoms with van der Waals surface area (Å²) in [5.74, 6) is 1.36. The maximum Gasteiger partial charge on any atom is 0.125 e. The minimum Gasteiger partial charge on any atom is -0.507 e. The Hall–Kier alpha value is -1.41. The van der Waals surface area contributed by atoms with Gasteiger partial charge in [-0.1, -0.05) is 12.1 Å². The number of hydrogen-bond acceptors (Lipinski definition) is 2. The van der Waals surface area contributed by atoms with Crippen molar-refractivity contribution in [2.24, 2.45) is 0 Å². The zero-order valence-electron chi connectivity index (χ0n) is 10.7. The Morgan fingerprint density at radius 2 is 2.21 bits per heavy atom. The van der Waals surface area contributed by atoms with Crippen LogP contribution in [0.3, 0.4) is 0 Å². The van der Waals surface area contributed by atoms with Crippen LogP contribution in [0.4, 0.5) is 5.69 Å². The smallest absolute Gasteiger partial charge is 0.125 e. The van der Waals surface area contributed by atoms with Crippen molar-refractivity contribution in [2.75, 3.05) is 17.7 Å². The molecule has 1 aliphatic heterocycles. The van der Waals surface area contributed by atoms with Crippen LogP contribution in [0, 0.1) is 0 Å². The standard InChI is InChI=1S/C16H16ClNO/c17-7-10-8-18-13-6-14(19)12-5-4-9-2-1-3-11(9)16(12)15(10)13/h4-6,10,18-19H,1-3,7-8H2. The summed E-state index contributed by atoms with van der Waals surface area (Å²) in [4.78, 5) is 0. The topological polar surface area (TPSA) is 32.3 Å². The lowest BCUT2D eigenvalue weighted by molar-refractivity contribution is 0.482. The van der Waals surface area contributed by atoms with Gasteiger partial charge in [0.1, 0.15) is 5.75 Å². The lowest BCUT2D eigenvalue weighted by Crippen LogP contribution is -2.03. The van der Waals surface area contributed by atoms with Crippen molar-refractivity contribution in [2.45, 2.75) is 25.2 Å². The summed E-state index contributed by atoms with van der Waals surface area (Å²) < 4.78 is 0. The number of halogens is 1. The van der Waals surface area contributed by atoms with Crippen molar-refractivity contribution in [3.8, 4) is 5.75 Å². The number of benzene rings is 2. The van der Waals surface area contributed by atoms with Gasteiger partial charge in [0.2, 0.25) is 0 Å². The molecular weight excluding hydrogens is 258 g/mol. The molecule has 2 nitrogen and oxygen atoms in total. The van der Waals surface area contributed by atoms with Crippen LogP contribution in [0.2, 0.25) is 0 Å². The molecule has 3 heteroatoms. The van der Waals surface area contributed by atoms with E-state index < -0.39 is 0 Å². The Labute approximate surface area is 117 Å². The Bertz CT molecular complexity index is 680. The molecule has 19 heavy (non-hydrogen) atoms. The highest BCUT2D eigenvalue weighted by Crippen LogP contribution is 2.45. The zero-order valence-corrected chi connectivity index (χ0v) is 11.4. The maximum atomic E-state index is 10.3. The molecule has 0 aromatic heterocycles. The second kappa shape index (κ2) is 4.04. The summed E-state index contributed by atoms with van der Waals surface area (Å²) >= 11 is 6.12. The monoisotopic (exact) mass is 273 g/mol. The fourth-order valence-corrected chi connectivity index (χ4v) is 3.91. The number of hydrogen-bond donors (Lipinski definition) is 2. The highest BCUT2D eigenvalue weighted by Gasteiger charge is 2.28.